The molecular formula is C19H32N5O10P. The second kappa shape index (κ2) is 13.6. The highest BCUT2D eigenvalue weighted by Crippen LogP contribution is 2.48. The van der Waals surface area contributed by atoms with Gasteiger partial charge in [0.05, 0.1) is 24.5 Å². The van der Waals surface area contributed by atoms with Gasteiger partial charge in [0, 0.05) is 12.0 Å². The van der Waals surface area contributed by atoms with Crippen LogP contribution in [0.4, 0.5) is 10.7 Å². The van der Waals surface area contributed by atoms with Crippen molar-refractivity contribution >= 4 is 25.3 Å². The molecule has 15 nitrogen and oxygen atoms in total. The topological polar surface area (TPSA) is 188 Å². The molecule has 0 aliphatic carbocycles. The largest absolute Gasteiger partial charge is 0.510 e. The van der Waals surface area contributed by atoms with Crippen LogP contribution in [-0.4, -0.2) is 75.6 Å². The fourth-order valence-corrected chi connectivity index (χ4v) is 3.64. The zero-order chi connectivity index (χ0) is 26.0. The average molecular weight is 521 g/mol. The van der Waals surface area contributed by atoms with Crippen molar-refractivity contribution in [3.8, 4) is 0 Å². The van der Waals surface area contributed by atoms with Gasteiger partial charge in [0.2, 0.25) is 12.7 Å². The highest BCUT2D eigenvalue weighted by atomic mass is 31.2. The Bertz CT molecular complexity index is 988. The third-order valence-electron chi connectivity index (χ3n) is 4.04. The zero-order valence-corrected chi connectivity index (χ0v) is 21.1. The fourth-order valence-electron chi connectivity index (χ4n) is 2.54. The molecule has 2 aromatic heterocycles. The first-order valence-electron chi connectivity index (χ1n) is 10.7. The van der Waals surface area contributed by atoms with Gasteiger partial charge in [-0.2, -0.15) is 9.61 Å². The van der Waals surface area contributed by atoms with Crippen molar-refractivity contribution in [2.24, 2.45) is 0 Å². The Morgan fingerprint density at radius 2 is 1.83 bits per heavy atom. The number of rotatable bonds is 15. The van der Waals surface area contributed by atoms with E-state index in [2.05, 4.69) is 15.1 Å². The van der Waals surface area contributed by atoms with Crippen LogP contribution in [0.5, 0.6) is 0 Å². The maximum Gasteiger partial charge on any atom is 0.510 e. The van der Waals surface area contributed by atoms with Crippen LogP contribution in [0.2, 0.25) is 0 Å². The van der Waals surface area contributed by atoms with E-state index in [-0.39, 0.29) is 12.1 Å². The standard InChI is InChI=1S/C19H32N5O10P/c1-12(2)33-18(25)28-9-31-35(27,32-10-29-19(26)34-13(3)4)11-30-14(5)6-15-7-23-24-16(15)21-8-22-17(24)20/h7-8,12-14,18,25H,6,9-11H2,1-5H3,(H2,20,21,22)/t14-,18?,35?/m0/s1. The van der Waals surface area contributed by atoms with Crippen LogP contribution in [0.15, 0.2) is 12.5 Å². The number of aliphatic hydroxyl groups excluding tert-OH is 1. The van der Waals surface area contributed by atoms with Crippen LogP contribution >= 0.6 is 7.60 Å². The highest BCUT2D eigenvalue weighted by Gasteiger charge is 2.28. The van der Waals surface area contributed by atoms with Gasteiger partial charge >= 0.3 is 13.8 Å². The molecule has 198 valence electrons. The smallest absolute Gasteiger partial charge is 0.432 e. The van der Waals surface area contributed by atoms with Gasteiger partial charge in [-0.1, -0.05) is 0 Å². The summed E-state index contributed by atoms with van der Waals surface area (Å²) in [4.78, 5) is 19.6. The predicted molar refractivity (Wildman–Crippen MR) is 120 cm³/mol. The zero-order valence-electron chi connectivity index (χ0n) is 20.2. The first kappa shape index (κ1) is 28.8. The number of fused-ring (bicyclic) bond motifs is 1. The van der Waals surface area contributed by atoms with Crippen molar-refractivity contribution in [2.45, 2.75) is 65.8 Å². The van der Waals surface area contributed by atoms with Gasteiger partial charge in [-0.05, 0) is 34.6 Å². The van der Waals surface area contributed by atoms with Gasteiger partial charge in [0.1, 0.15) is 12.7 Å². The molecule has 2 heterocycles. The number of carbonyl (C=O) groups excluding carboxylic acids is 1. The molecule has 2 unspecified atom stereocenters. The Balaban J connectivity index is 1.95. The minimum Gasteiger partial charge on any atom is -0.432 e. The molecule has 3 N–H and O–H groups in total. The summed E-state index contributed by atoms with van der Waals surface area (Å²) in [6, 6.07) is 0. The third kappa shape index (κ3) is 10.0. The van der Waals surface area contributed by atoms with Crippen LogP contribution in [0.25, 0.3) is 5.65 Å². The molecule has 2 aromatic rings. The molecule has 0 spiro atoms. The number of anilines is 1. The van der Waals surface area contributed by atoms with E-state index in [1.54, 1.807) is 40.8 Å². The summed E-state index contributed by atoms with van der Waals surface area (Å²) in [5.41, 5.74) is 7.00. The molecule has 2 rings (SSSR count). The second-order valence-electron chi connectivity index (χ2n) is 7.77. The number of ether oxygens (including phenoxy) is 5. The molecule has 0 bridgehead atoms. The second-order valence-corrected chi connectivity index (χ2v) is 9.77. The van der Waals surface area contributed by atoms with Crippen LogP contribution in [0.3, 0.4) is 0 Å². The monoisotopic (exact) mass is 521 g/mol. The number of nitrogens with zero attached hydrogens (tertiary/aromatic N) is 4. The Kier molecular flexibility index (Phi) is 11.2. The Labute approximate surface area is 202 Å². The summed E-state index contributed by atoms with van der Waals surface area (Å²) in [5.74, 6) is 0.181. The number of hydrogen-bond acceptors (Lipinski definition) is 14. The van der Waals surface area contributed by atoms with E-state index < -0.39 is 52.4 Å². The number of hydrogen-bond donors (Lipinski definition) is 2. The lowest BCUT2D eigenvalue weighted by atomic mass is 10.2. The SMILES string of the molecule is CC(C)OC(=O)OCOP(=O)(CO[C@@H](C)Cc1cnn2c(N)ncnc12)OCOC(O)OC(C)C. The maximum atomic E-state index is 13.1. The van der Waals surface area contributed by atoms with E-state index in [1.165, 1.54) is 10.8 Å². The summed E-state index contributed by atoms with van der Waals surface area (Å²) < 4.78 is 49.9. The quantitative estimate of drug-likeness (QED) is 0.197. The Morgan fingerprint density at radius 1 is 1.11 bits per heavy atom. The van der Waals surface area contributed by atoms with E-state index in [9.17, 15) is 14.5 Å². The number of carbonyl (C=O) groups is 1. The summed E-state index contributed by atoms with van der Waals surface area (Å²) in [7, 11) is -4.01. The van der Waals surface area contributed by atoms with Gasteiger partial charge in [0.25, 0.3) is 6.48 Å². The first-order chi connectivity index (χ1) is 16.5. The summed E-state index contributed by atoms with van der Waals surface area (Å²) in [5, 5.41) is 13.7. The molecule has 0 fully saturated rings. The summed E-state index contributed by atoms with van der Waals surface area (Å²) >= 11 is 0. The highest BCUT2D eigenvalue weighted by molar-refractivity contribution is 7.53. The number of nitrogens with two attached hydrogens (primary N) is 1. The average Bonchev–Trinajstić information content (AvgIpc) is 3.15. The number of nitrogen functional groups attached to an aromatic ring is 1. The normalized spacial score (nSPS) is 15.3. The molecule has 16 heteroatoms. The fraction of sp³-hybridized carbons (Fsp3) is 0.684. The number of aromatic nitrogens is 4. The van der Waals surface area contributed by atoms with Gasteiger partial charge in [-0.3, -0.25) is 13.6 Å². The predicted octanol–water partition coefficient (Wildman–Crippen LogP) is 2.03. The maximum absolute atomic E-state index is 13.1. The van der Waals surface area contributed by atoms with Gasteiger partial charge in [-0.15, -0.1) is 0 Å². The van der Waals surface area contributed by atoms with E-state index in [0.29, 0.717) is 12.1 Å². The molecule has 0 radical (unpaired) electrons. The van der Waals surface area contributed by atoms with Crippen LogP contribution in [-0.2, 0) is 43.7 Å². The van der Waals surface area contributed by atoms with Gasteiger partial charge < -0.3 is 34.5 Å². The lowest BCUT2D eigenvalue weighted by Gasteiger charge is -2.22. The van der Waals surface area contributed by atoms with Crippen molar-refractivity contribution in [3.05, 3.63) is 18.1 Å². The van der Waals surface area contributed by atoms with Crippen LogP contribution < -0.4 is 5.73 Å². The van der Waals surface area contributed by atoms with Crippen molar-refractivity contribution in [2.75, 3.05) is 25.7 Å². The van der Waals surface area contributed by atoms with Gasteiger partial charge in [-0.25, -0.2) is 14.8 Å². The number of aliphatic hydroxyl groups is 1. The van der Waals surface area contributed by atoms with Crippen molar-refractivity contribution < 1.29 is 47.2 Å². The summed E-state index contributed by atoms with van der Waals surface area (Å²) in [6.45, 7) is 5.40. The lowest BCUT2D eigenvalue weighted by Crippen LogP contribution is -2.22. The van der Waals surface area contributed by atoms with Crippen molar-refractivity contribution in [1.82, 2.24) is 19.6 Å². The van der Waals surface area contributed by atoms with E-state index >= 15 is 0 Å². The molecule has 0 amide bonds. The molecule has 0 aliphatic heterocycles. The third-order valence-corrected chi connectivity index (χ3v) is 5.50. The van der Waals surface area contributed by atoms with Gasteiger partial charge in [0.15, 0.2) is 12.4 Å². The van der Waals surface area contributed by atoms with E-state index in [4.69, 9.17) is 38.5 Å². The van der Waals surface area contributed by atoms with Crippen molar-refractivity contribution in [3.63, 3.8) is 0 Å². The minimum atomic E-state index is -4.01. The minimum absolute atomic E-state index is 0.181. The summed E-state index contributed by atoms with van der Waals surface area (Å²) in [6.07, 6.45) is 0.495. The van der Waals surface area contributed by atoms with E-state index in [0.717, 1.165) is 5.56 Å². The van der Waals surface area contributed by atoms with Crippen molar-refractivity contribution in [1.29, 1.82) is 0 Å². The Hall–Kier alpha value is -2.39. The molecular weight excluding hydrogens is 489 g/mol. The van der Waals surface area contributed by atoms with Crippen LogP contribution in [0.1, 0.15) is 40.2 Å². The lowest BCUT2D eigenvalue weighted by molar-refractivity contribution is -0.294. The van der Waals surface area contributed by atoms with E-state index in [1.807, 2.05) is 0 Å². The molecule has 3 atom stereocenters. The molecule has 0 saturated heterocycles. The molecule has 0 aliphatic rings. The Morgan fingerprint density at radius 3 is 2.51 bits per heavy atom. The molecule has 0 saturated carbocycles. The molecule has 0 aromatic carbocycles. The first-order valence-corrected chi connectivity index (χ1v) is 12.4. The van der Waals surface area contributed by atoms with Crippen LogP contribution in [0, 0.1) is 0 Å². The molecule has 35 heavy (non-hydrogen) atoms.